The van der Waals surface area contributed by atoms with E-state index in [2.05, 4.69) is 71.1 Å². The molecule has 2 fully saturated rings. The summed E-state index contributed by atoms with van der Waals surface area (Å²) in [7, 11) is -1.82. The number of rotatable bonds is 8. The number of benzene rings is 1. The van der Waals surface area contributed by atoms with Crippen molar-refractivity contribution in [3.8, 4) is 0 Å². The van der Waals surface area contributed by atoms with Gasteiger partial charge in [-0.1, -0.05) is 58.0 Å². The lowest BCUT2D eigenvalue weighted by Gasteiger charge is -2.40. The number of aryl methyl sites for hydroxylation is 1. The minimum atomic E-state index is -1.82. The Hall–Kier alpha value is -1.13. The molecular weight excluding hydrogens is 376 g/mol. The number of fused-ring (bicyclic) bond motifs is 1. The summed E-state index contributed by atoms with van der Waals surface area (Å²) in [6.45, 7) is 14.0. The minimum Gasteiger partial charge on any atom is -0.462 e. The third-order valence-corrected chi connectivity index (χ3v) is 12.3. The van der Waals surface area contributed by atoms with E-state index >= 15 is 0 Å². The highest BCUT2D eigenvalue weighted by Crippen LogP contribution is 2.47. The molecule has 1 aliphatic carbocycles. The van der Waals surface area contributed by atoms with Crippen LogP contribution in [0.15, 0.2) is 30.3 Å². The summed E-state index contributed by atoms with van der Waals surface area (Å²) in [5.74, 6) is 1.67. The third-order valence-electron chi connectivity index (χ3n) is 7.73. The predicted octanol–water partition coefficient (Wildman–Crippen LogP) is 6.38. The van der Waals surface area contributed by atoms with Crippen LogP contribution in [0, 0.1) is 17.8 Å². The van der Waals surface area contributed by atoms with E-state index in [4.69, 9.17) is 9.16 Å². The maximum Gasteiger partial charge on any atom is 0.306 e. The first-order chi connectivity index (χ1) is 13.6. The van der Waals surface area contributed by atoms with Gasteiger partial charge in [-0.05, 0) is 67.6 Å². The van der Waals surface area contributed by atoms with E-state index in [-0.39, 0.29) is 17.1 Å². The molecule has 1 aromatic rings. The second-order valence-corrected chi connectivity index (χ2v) is 15.6. The number of ether oxygens (including phenoxy) is 1. The van der Waals surface area contributed by atoms with Gasteiger partial charge in [-0.15, -0.1) is 0 Å². The molecule has 1 heterocycles. The van der Waals surface area contributed by atoms with Crippen molar-refractivity contribution in [2.24, 2.45) is 17.8 Å². The highest BCUT2D eigenvalue weighted by Gasteiger charge is 2.48. The van der Waals surface area contributed by atoms with Gasteiger partial charge in [-0.3, -0.25) is 4.79 Å². The van der Waals surface area contributed by atoms with E-state index in [1.807, 2.05) is 0 Å². The highest BCUT2D eigenvalue weighted by molar-refractivity contribution is 6.74. The van der Waals surface area contributed by atoms with Crippen molar-refractivity contribution in [2.45, 2.75) is 96.6 Å². The Balaban J connectivity index is 1.64. The fraction of sp³-hybridized carbons (Fsp3) is 0.720. The largest absolute Gasteiger partial charge is 0.462 e. The van der Waals surface area contributed by atoms with Crippen molar-refractivity contribution in [2.75, 3.05) is 0 Å². The molecule has 3 nitrogen and oxygen atoms in total. The average Bonchev–Trinajstić information content (AvgIpc) is 3.12. The summed E-state index contributed by atoms with van der Waals surface area (Å²) in [6, 6.07) is 10.8. The summed E-state index contributed by atoms with van der Waals surface area (Å²) in [4.78, 5) is 11.8. The van der Waals surface area contributed by atoms with E-state index in [0.29, 0.717) is 30.3 Å². The maximum atomic E-state index is 11.8. The Kier molecular flexibility index (Phi) is 6.94. The molecular formula is C25H40O3Si. The van der Waals surface area contributed by atoms with Crippen LogP contribution in [-0.4, -0.2) is 26.5 Å². The van der Waals surface area contributed by atoms with Crippen LogP contribution in [0.25, 0.3) is 0 Å². The lowest BCUT2D eigenvalue weighted by Crippen LogP contribution is -2.44. The quantitative estimate of drug-likeness (QED) is 0.364. The zero-order chi connectivity index (χ0) is 21.2. The van der Waals surface area contributed by atoms with Crippen molar-refractivity contribution >= 4 is 14.3 Å². The average molecular weight is 417 g/mol. The molecule has 1 aliphatic heterocycles. The van der Waals surface area contributed by atoms with Gasteiger partial charge in [-0.2, -0.15) is 0 Å². The van der Waals surface area contributed by atoms with Gasteiger partial charge >= 0.3 is 5.97 Å². The van der Waals surface area contributed by atoms with Crippen molar-refractivity contribution in [1.29, 1.82) is 0 Å². The Bertz CT molecular complexity index is 679. The molecule has 3 rings (SSSR count). The van der Waals surface area contributed by atoms with Crippen LogP contribution in [0.5, 0.6) is 0 Å². The molecule has 0 radical (unpaired) electrons. The number of esters is 1. The van der Waals surface area contributed by atoms with E-state index in [1.54, 1.807) is 0 Å². The molecule has 0 aromatic heterocycles. The number of hydrogen-bond acceptors (Lipinski definition) is 3. The molecule has 0 amide bonds. The summed E-state index contributed by atoms with van der Waals surface area (Å²) in [6.07, 6.45) is 6.50. The normalized spacial score (nSPS) is 28.3. The molecule has 4 unspecified atom stereocenters. The number of hydrogen-bond donors (Lipinski definition) is 0. The lowest BCUT2D eigenvalue weighted by atomic mass is 9.84. The van der Waals surface area contributed by atoms with Crippen molar-refractivity contribution < 1.29 is 14.0 Å². The van der Waals surface area contributed by atoms with Gasteiger partial charge in [0.05, 0.1) is 6.42 Å². The minimum absolute atomic E-state index is 0.00931. The maximum absolute atomic E-state index is 11.8. The van der Waals surface area contributed by atoms with Gasteiger partial charge in [0.2, 0.25) is 0 Å². The van der Waals surface area contributed by atoms with Gasteiger partial charge in [0, 0.05) is 12.0 Å². The van der Waals surface area contributed by atoms with Gasteiger partial charge in [0.25, 0.3) is 0 Å². The molecule has 29 heavy (non-hydrogen) atoms. The molecule has 1 saturated carbocycles. The predicted molar refractivity (Wildman–Crippen MR) is 121 cm³/mol. The fourth-order valence-corrected chi connectivity index (χ4v) is 6.37. The Morgan fingerprint density at radius 3 is 2.52 bits per heavy atom. The Labute approximate surface area is 178 Å². The molecule has 2 aliphatic rings. The number of carbonyl (C=O) groups excluding carboxylic acids is 1. The molecule has 0 bridgehead atoms. The molecule has 1 aromatic carbocycles. The van der Waals surface area contributed by atoms with Gasteiger partial charge < -0.3 is 9.16 Å². The van der Waals surface area contributed by atoms with Crippen molar-refractivity contribution in [3.63, 3.8) is 0 Å². The van der Waals surface area contributed by atoms with Crippen LogP contribution >= 0.6 is 0 Å². The molecule has 0 spiro atoms. The topological polar surface area (TPSA) is 35.5 Å². The van der Waals surface area contributed by atoms with Gasteiger partial charge in [0.1, 0.15) is 6.10 Å². The number of carbonyl (C=O) groups is 1. The zero-order valence-electron chi connectivity index (χ0n) is 19.2. The lowest BCUT2D eigenvalue weighted by molar-refractivity contribution is -0.141. The van der Waals surface area contributed by atoms with Crippen LogP contribution < -0.4 is 0 Å². The van der Waals surface area contributed by atoms with Gasteiger partial charge in [-0.25, -0.2) is 0 Å². The van der Waals surface area contributed by atoms with Crippen molar-refractivity contribution in [3.05, 3.63) is 35.9 Å². The summed E-state index contributed by atoms with van der Waals surface area (Å²) in [5.41, 5.74) is 1.39. The van der Waals surface area contributed by atoms with Crippen LogP contribution in [-0.2, 0) is 20.4 Å². The third kappa shape index (κ3) is 5.52. The van der Waals surface area contributed by atoms with E-state index in [0.717, 1.165) is 32.1 Å². The molecule has 0 N–H and O–H groups in total. The van der Waals surface area contributed by atoms with E-state index in [9.17, 15) is 4.79 Å². The smallest absolute Gasteiger partial charge is 0.306 e. The van der Waals surface area contributed by atoms with Crippen LogP contribution in [0.2, 0.25) is 18.1 Å². The second kappa shape index (κ2) is 8.93. The molecule has 4 heteroatoms. The second-order valence-electron chi connectivity index (χ2n) is 10.9. The zero-order valence-corrected chi connectivity index (χ0v) is 20.2. The first-order valence-electron chi connectivity index (χ1n) is 11.5. The summed E-state index contributed by atoms with van der Waals surface area (Å²) in [5, 5.41) is 0.218. The monoisotopic (exact) mass is 416 g/mol. The van der Waals surface area contributed by atoms with E-state index < -0.39 is 8.32 Å². The summed E-state index contributed by atoms with van der Waals surface area (Å²) < 4.78 is 12.5. The summed E-state index contributed by atoms with van der Waals surface area (Å²) >= 11 is 0. The van der Waals surface area contributed by atoms with Crippen LogP contribution in [0.3, 0.4) is 0 Å². The Morgan fingerprint density at radius 2 is 1.86 bits per heavy atom. The van der Waals surface area contributed by atoms with Crippen LogP contribution in [0.4, 0.5) is 0 Å². The fourth-order valence-electron chi connectivity index (χ4n) is 4.95. The first-order valence-corrected chi connectivity index (χ1v) is 14.4. The molecule has 162 valence electrons. The molecule has 5 atom stereocenters. The first kappa shape index (κ1) is 22.5. The SMILES string of the molecule is CC1CC2OC(=O)CC2[C@H]1CCC(CCc1ccccc1)O[Si](C)(C)C(C)(C)C. The standard InChI is InChI=1S/C25H40O3Si/c1-18-16-23-22(17-24(26)27-23)21(18)15-14-20(28-29(5,6)25(2,3)4)13-12-19-10-8-7-9-11-19/h7-11,18,20-23H,12-17H2,1-6H3/t18?,20?,21-,22?,23?/m0/s1. The van der Waals surface area contributed by atoms with E-state index in [1.165, 1.54) is 5.56 Å². The molecule has 1 saturated heterocycles. The van der Waals surface area contributed by atoms with Gasteiger partial charge in [0.15, 0.2) is 8.32 Å². The Morgan fingerprint density at radius 1 is 1.17 bits per heavy atom. The van der Waals surface area contributed by atoms with Crippen LogP contribution in [0.1, 0.15) is 65.4 Å². The van der Waals surface area contributed by atoms with Crippen molar-refractivity contribution in [1.82, 2.24) is 0 Å². The highest BCUT2D eigenvalue weighted by atomic mass is 28.4.